The molecule has 0 bridgehead atoms. The molecule has 1 saturated heterocycles. The molecule has 1 aliphatic heterocycles. The Labute approximate surface area is 154 Å². The number of aryl methyl sites for hydroxylation is 1. The first-order valence-corrected chi connectivity index (χ1v) is 9.96. The molecule has 126 valence electrons. The predicted molar refractivity (Wildman–Crippen MR) is 99.7 cm³/mol. The Kier molecular flexibility index (Phi) is 4.82. The van der Waals surface area contributed by atoms with Crippen LogP contribution in [0.2, 0.25) is 0 Å². The van der Waals surface area contributed by atoms with Crippen molar-refractivity contribution in [3.8, 4) is 5.75 Å². The summed E-state index contributed by atoms with van der Waals surface area (Å²) in [7, 11) is -3.92. The summed E-state index contributed by atoms with van der Waals surface area (Å²) in [6, 6.07) is 11.7. The molecule has 3 rings (SSSR count). The van der Waals surface area contributed by atoms with Crippen LogP contribution in [0, 0.1) is 10.5 Å². The van der Waals surface area contributed by atoms with Crippen LogP contribution < -0.4 is 9.08 Å². The average Bonchev–Trinajstić information content (AvgIpc) is 2.92. The molecule has 1 fully saturated rings. The van der Waals surface area contributed by atoms with Crippen molar-refractivity contribution in [1.29, 1.82) is 0 Å². The normalized spacial score (nSPS) is 14.9. The number of anilines is 1. The van der Waals surface area contributed by atoms with Gasteiger partial charge in [0.25, 0.3) is 0 Å². The number of amides is 1. The molecule has 0 aliphatic carbocycles. The van der Waals surface area contributed by atoms with Gasteiger partial charge in [0, 0.05) is 22.2 Å². The molecule has 0 aromatic heterocycles. The molecule has 2 aromatic carbocycles. The van der Waals surface area contributed by atoms with Crippen LogP contribution >= 0.6 is 22.6 Å². The highest BCUT2D eigenvalue weighted by Gasteiger charge is 2.24. The molecule has 24 heavy (non-hydrogen) atoms. The van der Waals surface area contributed by atoms with E-state index in [1.54, 1.807) is 42.2 Å². The van der Waals surface area contributed by atoms with Gasteiger partial charge in [-0.3, -0.25) is 4.79 Å². The molecule has 0 spiro atoms. The zero-order chi connectivity index (χ0) is 17.3. The van der Waals surface area contributed by atoms with Gasteiger partial charge in [-0.2, -0.15) is 8.42 Å². The summed E-state index contributed by atoms with van der Waals surface area (Å²) in [6.45, 7) is 2.37. The number of hydrogen-bond acceptors (Lipinski definition) is 4. The summed E-state index contributed by atoms with van der Waals surface area (Å²) in [4.78, 5) is 13.6. The predicted octanol–water partition coefficient (Wildman–Crippen LogP) is 3.49. The third-order valence-corrected chi connectivity index (χ3v) is 5.89. The molecule has 1 amide bonds. The Morgan fingerprint density at radius 1 is 1.17 bits per heavy atom. The van der Waals surface area contributed by atoms with E-state index in [0.717, 1.165) is 15.7 Å². The van der Waals surface area contributed by atoms with E-state index >= 15 is 0 Å². The van der Waals surface area contributed by atoms with Gasteiger partial charge in [0.1, 0.15) is 10.6 Å². The van der Waals surface area contributed by atoms with Gasteiger partial charge in [-0.05, 0) is 77.9 Å². The number of carbonyl (C=O) groups is 1. The minimum Gasteiger partial charge on any atom is -0.379 e. The average molecular weight is 457 g/mol. The minimum atomic E-state index is -3.92. The number of nitrogens with zero attached hydrogens (tertiary/aromatic N) is 1. The maximum atomic E-state index is 12.5. The molecule has 1 heterocycles. The second-order valence-corrected chi connectivity index (χ2v) is 8.35. The number of hydrogen-bond donors (Lipinski definition) is 0. The maximum absolute atomic E-state index is 12.5. The lowest BCUT2D eigenvalue weighted by molar-refractivity contribution is -0.117. The molecule has 7 heteroatoms. The van der Waals surface area contributed by atoms with Gasteiger partial charge in [0.15, 0.2) is 0 Å². The Morgan fingerprint density at radius 3 is 2.58 bits per heavy atom. The highest BCUT2D eigenvalue weighted by molar-refractivity contribution is 14.1. The van der Waals surface area contributed by atoms with Crippen LogP contribution in [0.1, 0.15) is 18.4 Å². The van der Waals surface area contributed by atoms with Crippen LogP contribution in [0.25, 0.3) is 0 Å². The van der Waals surface area contributed by atoms with Crippen LogP contribution in [-0.2, 0) is 14.9 Å². The second-order valence-electron chi connectivity index (χ2n) is 5.59. The Hall–Kier alpha value is -1.61. The van der Waals surface area contributed by atoms with E-state index in [-0.39, 0.29) is 16.6 Å². The van der Waals surface area contributed by atoms with E-state index < -0.39 is 10.1 Å². The van der Waals surface area contributed by atoms with Crippen molar-refractivity contribution in [2.24, 2.45) is 0 Å². The quantitative estimate of drug-likeness (QED) is 0.521. The Balaban J connectivity index is 1.89. The van der Waals surface area contributed by atoms with Crippen molar-refractivity contribution >= 4 is 44.3 Å². The lowest BCUT2D eigenvalue weighted by Gasteiger charge is -2.17. The smallest absolute Gasteiger partial charge is 0.339 e. The lowest BCUT2D eigenvalue weighted by atomic mass is 10.2. The minimum absolute atomic E-state index is 0.0696. The largest absolute Gasteiger partial charge is 0.379 e. The van der Waals surface area contributed by atoms with E-state index in [9.17, 15) is 13.2 Å². The highest BCUT2D eigenvalue weighted by atomic mass is 127. The van der Waals surface area contributed by atoms with Crippen molar-refractivity contribution in [2.75, 3.05) is 11.4 Å². The van der Waals surface area contributed by atoms with Gasteiger partial charge in [0.05, 0.1) is 0 Å². The Morgan fingerprint density at radius 2 is 1.96 bits per heavy atom. The van der Waals surface area contributed by atoms with Crippen molar-refractivity contribution in [3.63, 3.8) is 0 Å². The third-order valence-electron chi connectivity index (χ3n) is 3.81. The fraction of sp³-hybridized carbons (Fsp3) is 0.235. The third kappa shape index (κ3) is 3.56. The zero-order valence-corrected chi connectivity index (χ0v) is 16.0. The molecular formula is C17H16INO4S. The molecule has 0 radical (unpaired) electrons. The molecule has 0 atom stereocenters. The van der Waals surface area contributed by atoms with Crippen molar-refractivity contribution in [3.05, 3.63) is 51.6 Å². The molecular weight excluding hydrogens is 441 g/mol. The fourth-order valence-electron chi connectivity index (χ4n) is 2.69. The summed E-state index contributed by atoms with van der Waals surface area (Å²) >= 11 is 2.09. The fourth-order valence-corrected chi connectivity index (χ4v) is 4.34. The number of rotatable bonds is 4. The summed E-state index contributed by atoms with van der Waals surface area (Å²) in [5.41, 5.74) is 1.28. The van der Waals surface area contributed by atoms with Gasteiger partial charge in [-0.1, -0.05) is 6.07 Å². The number of benzene rings is 2. The summed E-state index contributed by atoms with van der Waals surface area (Å²) in [5.74, 6) is 0.347. The van der Waals surface area contributed by atoms with Crippen molar-refractivity contribution in [1.82, 2.24) is 0 Å². The Bertz CT molecular complexity index is 895. The number of halogens is 1. The van der Waals surface area contributed by atoms with Gasteiger partial charge in [-0.25, -0.2) is 0 Å². The first-order chi connectivity index (χ1) is 11.4. The molecule has 0 saturated carbocycles. The zero-order valence-electron chi connectivity index (χ0n) is 13.0. The van der Waals surface area contributed by atoms with Crippen LogP contribution in [0.15, 0.2) is 47.4 Å². The summed E-state index contributed by atoms with van der Waals surface area (Å²) in [5, 5.41) is 0. The first kappa shape index (κ1) is 17.2. The van der Waals surface area contributed by atoms with Gasteiger partial charge < -0.3 is 9.08 Å². The highest BCUT2D eigenvalue weighted by Crippen LogP contribution is 2.28. The van der Waals surface area contributed by atoms with Gasteiger partial charge in [-0.15, -0.1) is 0 Å². The SMILES string of the molecule is Cc1cc(N2CCCC2=O)ccc1S(=O)(=O)Oc1cccc(I)c1. The summed E-state index contributed by atoms with van der Waals surface area (Å²) in [6.07, 6.45) is 1.36. The van der Waals surface area contributed by atoms with Gasteiger partial charge in [0.2, 0.25) is 5.91 Å². The monoisotopic (exact) mass is 457 g/mol. The van der Waals surface area contributed by atoms with E-state index in [2.05, 4.69) is 22.6 Å². The molecule has 1 aliphatic rings. The van der Waals surface area contributed by atoms with E-state index in [4.69, 9.17) is 4.18 Å². The van der Waals surface area contributed by atoms with Gasteiger partial charge >= 0.3 is 10.1 Å². The van der Waals surface area contributed by atoms with Crippen LogP contribution in [0.4, 0.5) is 5.69 Å². The summed E-state index contributed by atoms with van der Waals surface area (Å²) < 4.78 is 31.2. The van der Waals surface area contributed by atoms with Crippen molar-refractivity contribution < 1.29 is 17.4 Å². The molecule has 0 N–H and O–H groups in total. The molecule has 5 nitrogen and oxygen atoms in total. The maximum Gasteiger partial charge on any atom is 0.339 e. The first-order valence-electron chi connectivity index (χ1n) is 7.48. The van der Waals surface area contributed by atoms with E-state index in [0.29, 0.717) is 18.5 Å². The van der Waals surface area contributed by atoms with Crippen LogP contribution in [0.5, 0.6) is 5.75 Å². The lowest BCUT2D eigenvalue weighted by Crippen LogP contribution is -2.24. The standard InChI is InChI=1S/C17H16INO4S/c1-12-10-14(19-9-3-6-17(19)20)7-8-16(12)24(21,22)23-15-5-2-4-13(18)11-15/h2,4-5,7-8,10-11H,3,6,9H2,1H3. The topological polar surface area (TPSA) is 63.7 Å². The molecule has 0 unspecified atom stereocenters. The van der Waals surface area contributed by atoms with Crippen LogP contribution in [0.3, 0.4) is 0 Å². The molecule has 2 aromatic rings. The van der Waals surface area contributed by atoms with E-state index in [1.165, 1.54) is 6.07 Å². The van der Waals surface area contributed by atoms with E-state index in [1.807, 2.05) is 6.07 Å². The van der Waals surface area contributed by atoms with Crippen LogP contribution in [-0.4, -0.2) is 20.9 Å². The van der Waals surface area contributed by atoms with Crippen molar-refractivity contribution in [2.45, 2.75) is 24.7 Å². The second kappa shape index (κ2) is 6.72. The number of carbonyl (C=O) groups excluding carboxylic acids is 1.